The summed E-state index contributed by atoms with van der Waals surface area (Å²) in [5.74, 6) is 1.21. The van der Waals surface area contributed by atoms with Gasteiger partial charge in [0.2, 0.25) is 5.91 Å². The molecule has 0 atom stereocenters. The summed E-state index contributed by atoms with van der Waals surface area (Å²) < 4.78 is 18.4. The van der Waals surface area contributed by atoms with E-state index in [1.165, 1.54) is 29.5 Å². The first-order valence-corrected chi connectivity index (χ1v) is 8.55. The highest BCUT2D eigenvalue weighted by Gasteiger charge is 2.07. The topological polar surface area (TPSA) is 38.3 Å². The Hall–Kier alpha value is -2.01. The number of thioether (sulfide) groups is 1. The molecule has 0 saturated carbocycles. The van der Waals surface area contributed by atoms with E-state index in [0.717, 1.165) is 12.0 Å². The number of carbonyl (C=O) groups is 1. The molecule has 0 aliphatic carbocycles. The monoisotopic (exact) mass is 333 g/mol. The molecule has 1 amide bonds. The largest absolute Gasteiger partial charge is 0.496 e. The van der Waals surface area contributed by atoms with Gasteiger partial charge in [-0.25, -0.2) is 4.39 Å². The van der Waals surface area contributed by atoms with E-state index in [1.807, 2.05) is 30.3 Å². The van der Waals surface area contributed by atoms with Gasteiger partial charge in [-0.3, -0.25) is 4.79 Å². The van der Waals surface area contributed by atoms with Gasteiger partial charge in [-0.1, -0.05) is 30.3 Å². The summed E-state index contributed by atoms with van der Waals surface area (Å²) in [6, 6.07) is 14.4. The van der Waals surface area contributed by atoms with Crippen LogP contribution < -0.4 is 10.1 Å². The van der Waals surface area contributed by atoms with E-state index in [1.54, 1.807) is 13.2 Å². The summed E-state index contributed by atoms with van der Waals surface area (Å²) in [5.41, 5.74) is 1.96. The van der Waals surface area contributed by atoms with Crippen molar-refractivity contribution in [3.8, 4) is 5.75 Å². The minimum absolute atomic E-state index is 0.0127. The van der Waals surface area contributed by atoms with Crippen molar-refractivity contribution in [3.63, 3.8) is 0 Å². The number of benzene rings is 2. The molecule has 2 rings (SSSR count). The van der Waals surface area contributed by atoms with Crippen LogP contribution in [-0.4, -0.2) is 25.3 Å². The van der Waals surface area contributed by atoms with E-state index >= 15 is 0 Å². The molecule has 2 aromatic rings. The van der Waals surface area contributed by atoms with Gasteiger partial charge in [-0.05, 0) is 30.2 Å². The minimum atomic E-state index is -0.297. The Bertz CT molecular complexity index is 634. The quantitative estimate of drug-likeness (QED) is 0.804. The van der Waals surface area contributed by atoms with Crippen molar-refractivity contribution in [1.29, 1.82) is 0 Å². The van der Waals surface area contributed by atoms with Gasteiger partial charge >= 0.3 is 0 Å². The lowest BCUT2D eigenvalue weighted by Crippen LogP contribution is -2.27. The van der Waals surface area contributed by atoms with Gasteiger partial charge in [0.1, 0.15) is 11.6 Å². The van der Waals surface area contributed by atoms with E-state index in [9.17, 15) is 9.18 Å². The van der Waals surface area contributed by atoms with Crippen molar-refractivity contribution in [1.82, 2.24) is 5.32 Å². The molecule has 0 spiro atoms. The van der Waals surface area contributed by atoms with Gasteiger partial charge in [0, 0.05) is 17.9 Å². The van der Waals surface area contributed by atoms with Crippen LogP contribution in [-0.2, 0) is 17.0 Å². The van der Waals surface area contributed by atoms with Gasteiger partial charge in [-0.2, -0.15) is 0 Å². The second-order valence-corrected chi connectivity index (χ2v) is 6.02. The summed E-state index contributed by atoms with van der Waals surface area (Å²) in [5, 5.41) is 2.89. The Morgan fingerprint density at radius 3 is 2.74 bits per heavy atom. The van der Waals surface area contributed by atoms with E-state index in [2.05, 4.69) is 5.32 Å². The van der Waals surface area contributed by atoms with Crippen molar-refractivity contribution in [2.45, 2.75) is 12.2 Å². The predicted molar refractivity (Wildman–Crippen MR) is 92.3 cm³/mol. The van der Waals surface area contributed by atoms with Crippen LogP contribution in [0.4, 0.5) is 4.39 Å². The fourth-order valence-corrected chi connectivity index (χ4v) is 2.99. The zero-order chi connectivity index (χ0) is 16.5. The molecule has 122 valence electrons. The fourth-order valence-electron chi connectivity index (χ4n) is 2.16. The van der Waals surface area contributed by atoms with E-state index in [0.29, 0.717) is 23.8 Å². The number of ether oxygens (including phenoxy) is 1. The number of nitrogens with one attached hydrogen (secondary N) is 1. The first kappa shape index (κ1) is 17.3. The Kier molecular flexibility index (Phi) is 6.94. The maximum absolute atomic E-state index is 13.3. The average molecular weight is 333 g/mol. The molecule has 0 fully saturated rings. The zero-order valence-electron chi connectivity index (χ0n) is 13.0. The number of methoxy groups -OCH3 is 1. The third kappa shape index (κ3) is 5.94. The van der Waals surface area contributed by atoms with Crippen LogP contribution in [0.25, 0.3) is 0 Å². The summed E-state index contributed by atoms with van der Waals surface area (Å²) in [6.07, 6.45) is 0.814. The molecule has 0 unspecified atom stereocenters. The van der Waals surface area contributed by atoms with Crippen molar-refractivity contribution in [2.24, 2.45) is 0 Å². The Balaban J connectivity index is 1.70. The molecule has 1 N–H and O–H groups in total. The highest BCUT2D eigenvalue weighted by Crippen LogP contribution is 2.23. The molecule has 0 radical (unpaired) electrons. The van der Waals surface area contributed by atoms with Gasteiger partial charge in [0.25, 0.3) is 0 Å². The lowest BCUT2D eigenvalue weighted by atomic mass is 10.1. The molecular formula is C18H20FNO2S. The predicted octanol–water partition coefficient (Wildman–Crippen LogP) is 3.43. The van der Waals surface area contributed by atoms with Crippen LogP contribution in [0.1, 0.15) is 11.1 Å². The molecule has 2 aromatic carbocycles. The average Bonchev–Trinajstić information content (AvgIpc) is 2.56. The maximum atomic E-state index is 13.3. The van der Waals surface area contributed by atoms with Crippen molar-refractivity contribution >= 4 is 17.7 Å². The highest BCUT2D eigenvalue weighted by molar-refractivity contribution is 7.99. The molecule has 23 heavy (non-hydrogen) atoms. The number of amides is 1. The first-order valence-electron chi connectivity index (χ1n) is 7.40. The van der Waals surface area contributed by atoms with Crippen LogP contribution in [0.15, 0.2) is 48.5 Å². The smallest absolute Gasteiger partial charge is 0.230 e. The number of halogens is 1. The van der Waals surface area contributed by atoms with E-state index < -0.39 is 0 Å². The lowest BCUT2D eigenvalue weighted by molar-refractivity contribution is -0.118. The number of hydrogen-bond donors (Lipinski definition) is 1. The van der Waals surface area contributed by atoms with Gasteiger partial charge in [0.05, 0.1) is 12.9 Å². The fraction of sp³-hybridized carbons (Fsp3) is 0.278. The molecule has 0 bridgehead atoms. The molecule has 3 nitrogen and oxygen atoms in total. The molecule has 0 saturated heterocycles. The van der Waals surface area contributed by atoms with E-state index in [4.69, 9.17) is 4.74 Å². The van der Waals surface area contributed by atoms with Crippen LogP contribution >= 0.6 is 11.8 Å². The Labute approximate surface area is 140 Å². The van der Waals surface area contributed by atoms with Gasteiger partial charge < -0.3 is 10.1 Å². The third-order valence-electron chi connectivity index (χ3n) is 3.31. The second kappa shape index (κ2) is 9.20. The summed E-state index contributed by atoms with van der Waals surface area (Å²) in [4.78, 5) is 11.8. The summed E-state index contributed by atoms with van der Waals surface area (Å²) in [6.45, 7) is 0.618. The molecule has 0 aliphatic heterocycles. The highest BCUT2D eigenvalue weighted by atomic mass is 32.2. The molecule has 0 heterocycles. The third-order valence-corrected chi connectivity index (χ3v) is 4.29. The SMILES string of the molecule is COc1ccc(F)cc1CSCC(=O)NCCc1ccccc1. The Morgan fingerprint density at radius 2 is 2.00 bits per heavy atom. The van der Waals surface area contributed by atoms with Crippen LogP contribution in [0.2, 0.25) is 0 Å². The molecule has 0 aromatic heterocycles. The first-order chi connectivity index (χ1) is 11.2. The number of carbonyl (C=O) groups excluding carboxylic acids is 1. The molecular weight excluding hydrogens is 313 g/mol. The number of hydrogen-bond acceptors (Lipinski definition) is 3. The lowest BCUT2D eigenvalue weighted by Gasteiger charge is -2.09. The van der Waals surface area contributed by atoms with Gasteiger partial charge in [0.15, 0.2) is 0 Å². The minimum Gasteiger partial charge on any atom is -0.496 e. The van der Waals surface area contributed by atoms with Crippen molar-refractivity contribution in [2.75, 3.05) is 19.4 Å². The van der Waals surface area contributed by atoms with Crippen LogP contribution in [0.5, 0.6) is 5.75 Å². The molecule has 0 aliphatic rings. The maximum Gasteiger partial charge on any atom is 0.230 e. The summed E-state index contributed by atoms with van der Waals surface area (Å²) >= 11 is 1.44. The van der Waals surface area contributed by atoms with Crippen molar-refractivity contribution < 1.29 is 13.9 Å². The van der Waals surface area contributed by atoms with Crippen molar-refractivity contribution in [3.05, 3.63) is 65.5 Å². The molecule has 5 heteroatoms. The van der Waals surface area contributed by atoms with Crippen LogP contribution in [0.3, 0.4) is 0 Å². The van der Waals surface area contributed by atoms with Gasteiger partial charge in [-0.15, -0.1) is 11.8 Å². The number of rotatable bonds is 8. The second-order valence-electron chi connectivity index (χ2n) is 5.03. The summed E-state index contributed by atoms with van der Waals surface area (Å²) in [7, 11) is 1.55. The normalized spacial score (nSPS) is 10.3. The standard InChI is InChI=1S/C18H20FNO2S/c1-22-17-8-7-16(19)11-15(17)12-23-13-18(21)20-10-9-14-5-3-2-4-6-14/h2-8,11H,9-10,12-13H2,1H3,(H,20,21). The zero-order valence-corrected chi connectivity index (χ0v) is 13.9. The van der Waals surface area contributed by atoms with E-state index in [-0.39, 0.29) is 11.7 Å². The van der Waals surface area contributed by atoms with Crippen LogP contribution in [0, 0.1) is 5.82 Å². The Morgan fingerprint density at radius 1 is 1.22 bits per heavy atom.